The van der Waals surface area contributed by atoms with Crippen LogP contribution in [0, 0.1) is 0 Å². The maximum atomic E-state index is 12.6. The lowest BCUT2D eigenvalue weighted by molar-refractivity contribution is -0.129. The first-order valence-electron chi connectivity index (χ1n) is 8.72. The molecule has 3 nitrogen and oxygen atoms in total. The smallest absolute Gasteiger partial charge is 0.246 e. The summed E-state index contributed by atoms with van der Waals surface area (Å²) in [4.78, 5) is 16.9. The van der Waals surface area contributed by atoms with Crippen molar-refractivity contribution in [1.82, 2.24) is 9.80 Å². The van der Waals surface area contributed by atoms with Gasteiger partial charge in [-0.15, -0.1) is 0 Å². The van der Waals surface area contributed by atoms with Gasteiger partial charge in [-0.1, -0.05) is 35.9 Å². The Hall–Kier alpha value is -1.61. The normalized spacial score (nSPS) is 19.2. The minimum atomic E-state index is 0.196. The zero-order chi connectivity index (χ0) is 16.7. The van der Waals surface area contributed by atoms with E-state index in [9.17, 15) is 4.79 Å². The second-order valence-corrected chi connectivity index (χ2v) is 6.92. The number of likely N-dealkylation sites (tertiary alicyclic amines) is 1. The van der Waals surface area contributed by atoms with Crippen molar-refractivity contribution in [3.63, 3.8) is 0 Å². The number of hydrogen-bond acceptors (Lipinski definition) is 2. The van der Waals surface area contributed by atoms with Crippen molar-refractivity contribution >= 4 is 5.91 Å². The Morgan fingerprint density at radius 2 is 2.00 bits per heavy atom. The topological polar surface area (TPSA) is 23.6 Å². The molecule has 0 aromatic heterocycles. The molecule has 1 aliphatic rings. The zero-order valence-electron chi connectivity index (χ0n) is 14.8. The quantitative estimate of drug-likeness (QED) is 0.750. The number of carbonyl (C=O) groups is 1. The average Bonchev–Trinajstić information content (AvgIpc) is 2.54. The molecule has 2 rings (SSSR count). The molecule has 1 saturated heterocycles. The largest absolute Gasteiger partial charge is 0.335 e. The number of nitrogens with zero attached hydrogens (tertiary/aromatic N) is 2. The summed E-state index contributed by atoms with van der Waals surface area (Å²) in [6.45, 7) is 3.94. The van der Waals surface area contributed by atoms with E-state index in [4.69, 9.17) is 0 Å². The number of likely N-dealkylation sites (N-methyl/N-ethyl adjacent to an activating group) is 1. The molecular formula is C20H30N2O. The van der Waals surface area contributed by atoms with Crippen molar-refractivity contribution in [3.8, 4) is 0 Å². The van der Waals surface area contributed by atoms with Crippen LogP contribution >= 0.6 is 0 Å². The average molecular weight is 314 g/mol. The van der Waals surface area contributed by atoms with Gasteiger partial charge in [0.05, 0.1) is 0 Å². The van der Waals surface area contributed by atoms with Crippen molar-refractivity contribution in [2.45, 2.75) is 45.1 Å². The monoisotopic (exact) mass is 314 g/mol. The second kappa shape index (κ2) is 8.88. The first-order chi connectivity index (χ1) is 11.1. The van der Waals surface area contributed by atoms with E-state index in [1.807, 2.05) is 12.1 Å². The lowest BCUT2D eigenvalue weighted by Gasteiger charge is -2.36. The lowest BCUT2D eigenvalue weighted by Crippen LogP contribution is -2.47. The van der Waals surface area contributed by atoms with Crippen LogP contribution in [-0.4, -0.2) is 48.9 Å². The number of amides is 1. The summed E-state index contributed by atoms with van der Waals surface area (Å²) in [7, 11) is 4.16. The van der Waals surface area contributed by atoms with E-state index in [1.165, 1.54) is 17.6 Å². The predicted molar refractivity (Wildman–Crippen MR) is 96.4 cm³/mol. The van der Waals surface area contributed by atoms with E-state index < -0.39 is 0 Å². The number of hydrogen-bond donors (Lipinski definition) is 0. The molecule has 1 unspecified atom stereocenters. The predicted octanol–water partition coefficient (Wildman–Crippen LogP) is 3.51. The molecule has 1 atom stereocenters. The first kappa shape index (κ1) is 17.7. The van der Waals surface area contributed by atoms with Crippen LogP contribution in [0.25, 0.3) is 0 Å². The zero-order valence-corrected chi connectivity index (χ0v) is 14.8. The van der Waals surface area contributed by atoms with Gasteiger partial charge in [-0.25, -0.2) is 0 Å². The van der Waals surface area contributed by atoms with Crippen molar-refractivity contribution in [2.24, 2.45) is 0 Å². The van der Waals surface area contributed by atoms with Gasteiger partial charge in [-0.2, -0.15) is 0 Å². The Balaban J connectivity index is 1.92. The van der Waals surface area contributed by atoms with Crippen LogP contribution in [0.1, 0.15) is 38.2 Å². The van der Waals surface area contributed by atoms with Crippen molar-refractivity contribution in [2.75, 3.05) is 27.2 Å². The van der Waals surface area contributed by atoms with E-state index in [1.54, 1.807) is 0 Å². The van der Waals surface area contributed by atoms with Gasteiger partial charge < -0.3 is 9.80 Å². The fraction of sp³-hybridized carbons (Fsp3) is 0.550. The van der Waals surface area contributed by atoms with Crippen LogP contribution in [0.15, 0.2) is 42.0 Å². The fourth-order valence-corrected chi connectivity index (χ4v) is 3.25. The summed E-state index contributed by atoms with van der Waals surface area (Å²) in [5, 5.41) is 0. The Morgan fingerprint density at radius 1 is 1.26 bits per heavy atom. The number of allylic oxidation sites excluding steroid dienone is 1. The molecule has 126 valence electrons. The minimum Gasteiger partial charge on any atom is -0.335 e. The molecule has 3 heteroatoms. The van der Waals surface area contributed by atoms with Crippen molar-refractivity contribution < 1.29 is 4.79 Å². The molecule has 0 N–H and O–H groups in total. The maximum Gasteiger partial charge on any atom is 0.246 e. The molecule has 0 bridgehead atoms. The molecule has 0 aliphatic carbocycles. The molecule has 1 aromatic carbocycles. The maximum absolute atomic E-state index is 12.6. The fourth-order valence-electron chi connectivity index (χ4n) is 3.25. The van der Waals surface area contributed by atoms with E-state index >= 15 is 0 Å². The number of benzene rings is 1. The highest BCUT2D eigenvalue weighted by molar-refractivity contribution is 5.88. The summed E-state index contributed by atoms with van der Waals surface area (Å²) >= 11 is 0. The van der Waals surface area contributed by atoms with E-state index in [0.29, 0.717) is 6.04 Å². The molecule has 0 spiro atoms. The molecule has 1 amide bonds. The van der Waals surface area contributed by atoms with Gasteiger partial charge in [-0.05, 0) is 58.7 Å². The first-order valence-corrected chi connectivity index (χ1v) is 8.72. The van der Waals surface area contributed by atoms with Crippen LogP contribution < -0.4 is 0 Å². The minimum absolute atomic E-state index is 0.196. The molecule has 1 fully saturated rings. The van der Waals surface area contributed by atoms with Gasteiger partial charge in [0, 0.05) is 25.2 Å². The highest BCUT2D eigenvalue weighted by atomic mass is 16.2. The molecule has 1 aromatic rings. The third-order valence-corrected chi connectivity index (χ3v) is 4.51. The Morgan fingerprint density at radius 3 is 2.70 bits per heavy atom. The second-order valence-electron chi connectivity index (χ2n) is 6.92. The standard InChI is InChI=1S/C20H30N2O/c1-17(12-13-18-9-5-4-6-10-18)15-20(23)22-14-8-7-11-19(22)16-21(2)3/h4-6,9-10,15,19H,7-8,11-14,16H2,1-3H3/b17-15-. The summed E-state index contributed by atoms with van der Waals surface area (Å²) in [5.41, 5.74) is 2.50. The Labute approximate surface area is 141 Å². The summed E-state index contributed by atoms with van der Waals surface area (Å²) in [6, 6.07) is 10.8. The molecule has 0 radical (unpaired) electrons. The lowest BCUT2D eigenvalue weighted by atomic mass is 10.0. The SMILES string of the molecule is C/C(=C/C(=O)N1CCCCC1CN(C)C)CCc1ccccc1. The Kier molecular flexibility index (Phi) is 6.85. The van der Waals surface area contributed by atoms with Crippen LogP contribution in [0.3, 0.4) is 0 Å². The number of aryl methyl sites for hydroxylation is 1. The molecular weight excluding hydrogens is 284 g/mol. The number of rotatable bonds is 6. The van der Waals surface area contributed by atoms with Gasteiger partial charge in [0.15, 0.2) is 0 Å². The third-order valence-electron chi connectivity index (χ3n) is 4.51. The van der Waals surface area contributed by atoms with E-state index in [2.05, 4.69) is 55.1 Å². The third kappa shape index (κ3) is 5.83. The molecule has 23 heavy (non-hydrogen) atoms. The van der Waals surface area contributed by atoms with Crippen molar-refractivity contribution in [1.29, 1.82) is 0 Å². The van der Waals surface area contributed by atoms with Crippen LogP contribution in [0.5, 0.6) is 0 Å². The summed E-state index contributed by atoms with van der Waals surface area (Å²) in [6.07, 6.45) is 7.29. The summed E-state index contributed by atoms with van der Waals surface area (Å²) < 4.78 is 0. The number of carbonyl (C=O) groups excluding carboxylic acids is 1. The van der Waals surface area contributed by atoms with Crippen LogP contribution in [-0.2, 0) is 11.2 Å². The van der Waals surface area contributed by atoms with Gasteiger partial charge in [0.2, 0.25) is 5.91 Å². The van der Waals surface area contributed by atoms with Crippen molar-refractivity contribution in [3.05, 3.63) is 47.5 Å². The van der Waals surface area contributed by atoms with Crippen LogP contribution in [0.4, 0.5) is 0 Å². The van der Waals surface area contributed by atoms with Gasteiger partial charge >= 0.3 is 0 Å². The van der Waals surface area contributed by atoms with E-state index in [-0.39, 0.29) is 5.91 Å². The summed E-state index contributed by atoms with van der Waals surface area (Å²) in [5.74, 6) is 0.196. The highest BCUT2D eigenvalue weighted by Crippen LogP contribution is 2.19. The van der Waals surface area contributed by atoms with E-state index in [0.717, 1.165) is 38.8 Å². The number of piperidine rings is 1. The molecule has 1 aliphatic heterocycles. The highest BCUT2D eigenvalue weighted by Gasteiger charge is 2.25. The van der Waals surface area contributed by atoms with Gasteiger partial charge in [0.1, 0.15) is 0 Å². The molecule has 0 saturated carbocycles. The Bertz CT molecular complexity index is 522. The van der Waals surface area contributed by atoms with Gasteiger partial charge in [-0.3, -0.25) is 4.79 Å². The molecule has 1 heterocycles. The van der Waals surface area contributed by atoms with Gasteiger partial charge in [0.25, 0.3) is 0 Å². The van der Waals surface area contributed by atoms with Crippen LogP contribution in [0.2, 0.25) is 0 Å².